The summed E-state index contributed by atoms with van der Waals surface area (Å²) in [5.41, 5.74) is 11.1. The standard InChI is InChI=1S/C45H29N3O/c1-4-12-30(13-5-1)31-20-22-32(23-21-31)33-24-26-36(27-25-33)44-46-43(35-16-8-3-9-17-35)47-45(48-44)39-29-28-38-37-18-10-11-19-40(37)49-42(38)41(39)34-14-6-2-7-15-34/h1-29H. The number of furan rings is 1. The van der Waals surface area contributed by atoms with Crippen LogP contribution in [0.25, 0.3) is 89.5 Å². The molecular weight excluding hydrogens is 599 g/mol. The van der Waals surface area contributed by atoms with Crippen LogP contribution in [-0.2, 0) is 0 Å². The molecule has 0 saturated carbocycles. The molecule has 0 saturated heterocycles. The van der Waals surface area contributed by atoms with Crippen molar-refractivity contribution in [2.45, 2.75) is 0 Å². The molecule has 4 heteroatoms. The van der Waals surface area contributed by atoms with Crippen LogP contribution >= 0.6 is 0 Å². The summed E-state index contributed by atoms with van der Waals surface area (Å²) in [4.78, 5) is 15.2. The molecular formula is C45H29N3O. The zero-order valence-corrected chi connectivity index (χ0v) is 26.5. The Bertz CT molecular complexity index is 2560. The minimum atomic E-state index is 0.589. The Balaban J connectivity index is 1.18. The predicted molar refractivity (Wildman–Crippen MR) is 200 cm³/mol. The van der Waals surface area contributed by atoms with Crippen LogP contribution in [-0.4, -0.2) is 15.0 Å². The summed E-state index contributed by atoms with van der Waals surface area (Å²) in [6.07, 6.45) is 0. The molecule has 0 N–H and O–H groups in total. The van der Waals surface area contributed by atoms with Crippen molar-refractivity contribution < 1.29 is 4.42 Å². The lowest BCUT2D eigenvalue weighted by Gasteiger charge is -2.13. The highest BCUT2D eigenvalue weighted by Crippen LogP contribution is 2.41. The van der Waals surface area contributed by atoms with Gasteiger partial charge in [-0.2, -0.15) is 0 Å². The van der Waals surface area contributed by atoms with Gasteiger partial charge in [0.2, 0.25) is 0 Å². The van der Waals surface area contributed by atoms with Gasteiger partial charge in [-0.25, -0.2) is 15.0 Å². The van der Waals surface area contributed by atoms with E-state index in [0.29, 0.717) is 17.5 Å². The predicted octanol–water partition coefficient (Wildman–Crippen LogP) is 11.8. The van der Waals surface area contributed by atoms with Crippen LogP contribution in [0.4, 0.5) is 0 Å². The number of rotatable bonds is 6. The Morgan fingerprint density at radius 1 is 0.306 bits per heavy atom. The largest absolute Gasteiger partial charge is 0.455 e. The lowest BCUT2D eigenvalue weighted by atomic mass is 9.96. The van der Waals surface area contributed by atoms with Crippen molar-refractivity contribution >= 4 is 21.9 Å². The summed E-state index contributed by atoms with van der Waals surface area (Å²) in [6, 6.07) is 60.4. The highest BCUT2D eigenvalue weighted by atomic mass is 16.3. The fraction of sp³-hybridized carbons (Fsp3) is 0. The molecule has 2 aromatic heterocycles. The quantitative estimate of drug-likeness (QED) is 0.184. The van der Waals surface area contributed by atoms with Crippen molar-refractivity contribution in [1.82, 2.24) is 15.0 Å². The number of hydrogen-bond donors (Lipinski definition) is 0. The monoisotopic (exact) mass is 627 g/mol. The van der Waals surface area contributed by atoms with Gasteiger partial charge in [-0.05, 0) is 46.0 Å². The third kappa shape index (κ3) is 5.35. The van der Waals surface area contributed by atoms with E-state index in [0.717, 1.165) is 60.9 Å². The van der Waals surface area contributed by atoms with E-state index >= 15 is 0 Å². The van der Waals surface area contributed by atoms with Crippen LogP contribution in [0.2, 0.25) is 0 Å². The number of fused-ring (bicyclic) bond motifs is 3. The molecule has 0 unspecified atom stereocenters. The molecule has 4 nitrogen and oxygen atoms in total. The lowest BCUT2D eigenvalue weighted by molar-refractivity contribution is 0.670. The van der Waals surface area contributed by atoms with Gasteiger partial charge >= 0.3 is 0 Å². The molecule has 0 aliphatic heterocycles. The number of aromatic nitrogens is 3. The van der Waals surface area contributed by atoms with Crippen molar-refractivity contribution in [3.05, 3.63) is 176 Å². The van der Waals surface area contributed by atoms with Crippen LogP contribution in [0.3, 0.4) is 0 Å². The van der Waals surface area contributed by atoms with E-state index in [4.69, 9.17) is 19.4 Å². The van der Waals surface area contributed by atoms with Crippen LogP contribution in [0.15, 0.2) is 180 Å². The smallest absolute Gasteiger partial charge is 0.164 e. The van der Waals surface area contributed by atoms with Gasteiger partial charge < -0.3 is 4.42 Å². The summed E-state index contributed by atoms with van der Waals surface area (Å²) < 4.78 is 6.55. The minimum absolute atomic E-state index is 0.589. The van der Waals surface area contributed by atoms with Crippen molar-refractivity contribution in [1.29, 1.82) is 0 Å². The van der Waals surface area contributed by atoms with Gasteiger partial charge in [0.1, 0.15) is 11.2 Å². The van der Waals surface area contributed by atoms with E-state index in [-0.39, 0.29) is 0 Å². The van der Waals surface area contributed by atoms with Crippen LogP contribution in [0, 0.1) is 0 Å². The molecule has 0 fully saturated rings. The maximum Gasteiger partial charge on any atom is 0.164 e. The van der Waals surface area contributed by atoms with E-state index in [9.17, 15) is 0 Å². The average molecular weight is 628 g/mol. The molecule has 0 radical (unpaired) electrons. The van der Waals surface area contributed by atoms with Gasteiger partial charge in [0.25, 0.3) is 0 Å². The maximum atomic E-state index is 6.55. The molecule has 0 spiro atoms. The van der Waals surface area contributed by atoms with Crippen LogP contribution in [0.1, 0.15) is 0 Å². The zero-order valence-electron chi connectivity index (χ0n) is 26.5. The second-order valence-electron chi connectivity index (χ2n) is 12.0. The first-order valence-electron chi connectivity index (χ1n) is 16.4. The second-order valence-corrected chi connectivity index (χ2v) is 12.0. The van der Waals surface area contributed by atoms with Crippen molar-refractivity contribution in [3.8, 4) is 67.5 Å². The molecule has 0 atom stereocenters. The van der Waals surface area contributed by atoms with Gasteiger partial charge in [0.15, 0.2) is 17.5 Å². The van der Waals surface area contributed by atoms with E-state index < -0.39 is 0 Å². The Kier molecular flexibility index (Phi) is 7.10. The summed E-state index contributed by atoms with van der Waals surface area (Å²) in [7, 11) is 0. The number of benzene rings is 7. The van der Waals surface area contributed by atoms with Crippen molar-refractivity contribution in [3.63, 3.8) is 0 Å². The third-order valence-electron chi connectivity index (χ3n) is 8.99. The maximum absolute atomic E-state index is 6.55. The fourth-order valence-corrected chi connectivity index (χ4v) is 6.51. The SMILES string of the molecule is c1ccc(-c2ccc(-c3ccc(-c4nc(-c5ccccc5)nc(-c5ccc6c(oc7ccccc76)c5-c5ccccc5)n4)cc3)cc2)cc1. The Morgan fingerprint density at radius 2 is 0.735 bits per heavy atom. The molecule has 230 valence electrons. The molecule has 9 aromatic rings. The van der Waals surface area contributed by atoms with Crippen LogP contribution < -0.4 is 0 Å². The first-order chi connectivity index (χ1) is 24.3. The van der Waals surface area contributed by atoms with E-state index in [1.807, 2.05) is 72.8 Å². The van der Waals surface area contributed by atoms with Gasteiger partial charge in [-0.15, -0.1) is 0 Å². The molecule has 7 aromatic carbocycles. The summed E-state index contributed by atoms with van der Waals surface area (Å²) in [5, 5.41) is 2.14. The lowest BCUT2D eigenvalue weighted by Crippen LogP contribution is -2.01. The molecule has 0 bridgehead atoms. The fourth-order valence-electron chi connectivity index (χ4n) is 6.51. The van der Waals surface area contributed by atoms with Gasteiger partial charge in [-0.3, -0.25) is 0 Å². The first-order valence-corrected chi connectivity index (χ1v) is 16.4. The Hall–Kier alpha value is -6.65. The molecule has 49 heavy (non-hydrogen) atoms. The molecule has 2 heterocycles. The number of nitrogens with zero attached hydrogens (tertiary/aromatic N) is 3. The molecule has 9 rings (SSSR count). The van der Waals surface area contributed by atoms with Gasteiger partial charge in [0, 0.05) is 33.0 Å². The topological polar surface area (TPSA) is 51.8 Å². The molecule has 0 aliphatic rings. The number of para-hydroxylation sites is 1. The molecule has 0 amide bonds. The highest BCUT2D eigenvalue weighted by molar-refractivity contribution is 6.12. The summed E-state index contributed by atoms with van der Waals surface area (Å²) in [6.45, 7) is 0. The Morgan fingerprint density at radius 3 is 1.33 bits per heavy atom. The summed E-state index contributed by atoms with van der Waals surface area (Å²) in [5.74, 6) is 1.81. The molecule has 0 aliphatic carbocycles. The Labute approximate surface area is 284 Å². The van der Waals surface area contributed by atoms with E-state index in [2.05, 4.69) is 103 Å². The van der Waals surface area contributed by atoms with E-state index in [1.165, 1.54) is 11.1 Å². The minimum Gasteiger partial charge on any atom is -0.455 e. The van der Waals surface area contributed by atoms with Gasteiger partial charge in [-0.1, -0.05) is 158 Å². The van der Waals surface area contributed by atoms with Crippen LogP contribution in [0.5, 0.6) is 0 Å². The van der Waals surface area contributed by atoms with E-state index in [1.54, 1.807) is 0 Å². The average Bonchev–Trinajstić information content (AvgIpc) is 3.57. The highest BCUT2D eigenvalue weighted by Gasteiger charge is 2.21. The normalized spacial score (nSPS) is 11.3. The third-order valence-corrected chi connectivity index (χ3v) is 8.99. The zero-order chi connectivity index (χ0) is 32.6. The summed E-state index contributed by atoms with van der Waals surface area (Å²) >= 11 is 0. The van der Waals surface area contributed by atoms with Gasteiger partial charge in [0.05, 0.1) is 0 Å². The number of hydrogen-bond acceptors (Lipinski definition) is 4. The van der Waals surface area contributed by atoms with Crippen molar-refractivity contribution in [2.24, 2.45) is 0 Å². The second kappa shape index (κ2) is 12.2. The first kappa shape index (κ1) is 28.6. The van der Waals surface area contributed by atoms with Crippen molar-refractivity contribution in [2.75, 3.05) is 0 Å².